The number of ether oxygens (including phenoxy) is 1. The summed E-state index contributed by atoms with van der Waals surface area (Å²) in [5, 5.41) is 0.838. The van der Waals surface area contributed by atoms with Crippen LogP contribution in [0.3, 0.4) is 0 Å². The van der Waals surface area contributed by atoms with Crippen molar-refractivity contribution in [2.45, 2.75) is 31.5 Å². The SMILES string of the molecule is CC(C)(C)c1ccccc1Oc1ccc(CBr)cc1Br. The summed E-state index contributed by atoms with van der Waals surface area (Å²) < 4.78 is 7.07. The lowest BCUT2D eigenvalue weighted by molar-refractivity contribution is 0.453. The molecule has 0 radical (unpaired) electrons. The predicted molar refractivity (Wildman–Crippen MR) is 92.0 cm³/mol. The summed E-state index contributed by atoms with van der Waals surface area (Å²) in [6.07, 6.45) is 0. The second-order valence-electron chi connectivity index (χ2n) is 5.75. The third-order valence-corrected chi connectivity index (χ3v) is 4.33. The number of hydrogen-bond donors (Lipinski definition) is 0. The predicted octanol–water partition coefficient (Wildman–Crippen LogP) is 6.43. The summed E-state index contributed by atoms with van der Waals surface area (Å²) in [6, 6.07) is 14.3. The van der Waals surface area contributed by atoms with Crippen LogP contribution in [-0.2, 0) is 10.7 Å². The van der Waals surface area contributed by atoms with Crippen molar-refractivity contribution in [2.24, 2.45) is 0 Å². The van der Waals surface area contributed by atoms with E-state index in [0.29, 0.717) is 0 Å². The summed E-state index contributed by atoms with van der Waals surface area (Å²) in [5.74, 6) is 1.75. The van der Waals surface area contributed by atoms with Gasteiger partial charge in [0.2, 0.25) is 0 Å². The van der Waals surface area contributed by atoms with Crippen LogP contribution in [0.2, 0.25) is 0 Å². The van der Waals surface area contributed by atoms with Crippen molar-refractivity contribution in [3.63, 3.8) is 0 Å². The molecule has 0 saturated carbocycles. The van der Waals surface area contributed by atoms with E-state index in [1.165, 1.54) is 11.1 Å². The molecule has 0 aromatic heterocycles. The molecule has 0 spiro atoms. The summed E-state index contributed by atoms with van der Waals surface area (Å²) in [5.41, 5.74) is 2.48. The average Bonchev–Trinajstić information content (AvgIpc) is 2.40. The zero-order valence-corrected chi connectivity index (χ0v) is 15.1. The molecule has 1 nitrogen and oxygen atoms in total. The van der Waals surface area contributed by atoms with Crippen molar-refractivity contribution in [1.82, 2.24) is 0 Å². The van der Waals surface area contributed by atoms with E-state index in [1.807, 2.05) is 18.2 Å². The van der Waals surface area contributed by atoms with Crippen molar-refractivity contribution in [2.75, 3.05) is 0 Å². The summed E-state index contributed by atoms with van der Waals surface area (Å²) in [6.45, 7) is 6.58. The summed E-state index contributed by atoms with van der Waals surface area (Å²) in [7, 11) is 0. The highest BCUT2D eigenvalue weighted by atomic mass is 79.9. The molecule has 0 aliphatic rings. The Bertz CT molecular complexity index is 600. The smallest absolute Gasteiger partial charge is 0.141 e. The van der Waals surface area contributed by atoms with E-state index >= 15 is 0 Å². The Morgan fingerprint density at radius 3 is 2.30 bits per heavy atom. The molecule has 0 heterocycles. The number of rotatable bonds is 3. The summed E-state index contributed by atoms with van der Waals surface area (Å²) in [4.78, 5) is 0. The van der Waals surface area contributed by atoms with E-state index in [0.717, 1.165) is 21.3 Å². The first-order chi connectivity index (χ1) is 9.41. The minimum atomic E-state index is 0.0544. The van der Waals surface area contributed by atoms with Gasteiger partial charge in [0.1, 0.15) is 11.5 Å². The van der Waals surface area contributed by atoms with Crippen molar-refractivity contribution in [3.05, 3.63) is 58.1 Å². The molecule has 0 N–H and O–H groups in total. The minimum absolute atomic E-state index is 0.0544. The Labute approximate surface area is 137 Å². The maximum atomic E-state index is 6.10. The minimum Gasteiger partial charge on any atom is -0.456 e. The average molecular weight is 398 g/mol. The van der Waals surface area contributed by atoms with Crippen LogP contribution in [0.4, 0.5) is 0 Å². The van der Waals surface area contributed by atoms with Gasteiger partial charge in [-0.3, -0.25) is 0 Å². The van der Waals surface area contributed by atoms with E-state index < -0.39 is 0 Å². The van der Waals surface area contributed by atoms with E-state index in [9.17, 15) is 0 Å². The quantitative estimate of drug-likeness (QED) is 0.542. The molecule has 106 valence electrons. The molecule has 2 aromatic rings. The van der Waals surface area contributed by atoms with Gasteiger partial charge in [0.05, 0.1) is 4.47 Å². The maximum Gasteiger partial charge on any atom is 0.141 e. The Morgan fingerprint density at radius 2 is 1.70 bits per heavy atom. The molecule has 0 unspecified atom stereocenters. The Morgan fingerprint density at radius 1 is 1.00 bits per heavy atom. The number of hydrogen-bond acceptors (Lipinski definition) is 1. The second-order valence-corrected chi connectivity index (χ2v) is 7.16. The number of halogens is 2. The van der Waals surface area contributed by atoms with Crippen LogP contribution in [-0.4, -0.2) is 0 Å². The zero-order valence-electron chi connectivity index (χ0n) is 11.9. The van der Waals surface area contributed by atoms with Gasteiger partial charge in [-0.1, -0.05) is 61.0 Å². The molecule has 0 bridgehead atoms. The van der Waals surface area contributed by atoms with Crippen LogP contribution in [0.5, 0.6) is 11.5 Å². The molecule has 0 saturated heterocycles. The van der Waals surface area contributed by atoms with E-state index in [-0.39, 0.29) is 5.41 Å². The summed E-state index contributed by atoms with van der Waals surface area (Å²) >= 11 is 7.03. The molecule has 0 amide bonds. The highest BCUT2D eigenvalue weighted by molar-refractivity contribution is 9.10. The van der Waals surface area contributed by atoms with Crippen LogP contribution in [0.25, 0.3) is 0 Å². The Balaban J connectivity index is 2.36. The molecule has 0 aliphatic carbocycles. The fraction of sp³-hybridized carbons (Fsp3) is 0.294. The lowest BCUT2D eigenvalue weighted by atomic mass is 9.86. The molecular weight excluding hydrogens is 380 g/mol. The number of para-hydroxylation sites is 1. The molecule has 0 atom stereocenters. The molecule has 3 heteroatoms. The monoisotopic (exact) mass is 396 g/mol. The van der Waals surface area contributed by atoms with Crippen LogP contribution in [0.1, 0.15) is 31.9 Å². The fourth-order valence-corrected chi connectivity index (χ4v) is 2.86. The highest BCUT2D eigenvalue weighted by Gasteiger charge is 2.19. The van der Waals surface area contributed by atoms with Gasteiger partial charge in [-0.25, -0.2) is 0 Å². The van der Waals surface area contributed by atoms with Crippen molar-refractivity contribution in [3.8, 4) is 11.5 Å². The van der Waals surface area contributed by atoms with Gasteiger partial charge in [-0.15, -0.1) is 0 Å². The van der Waals surface area contributed by atoms with Gasteiger partial charge in [-0.05, 0) is 45.1 Å². The van der Waals surface area contributed by atoms with E-state index in [4.69, 9.17) is 4.74 Å². The van der Waals surface area contributed by atoms with Gasteiger partial charge in [-0.2, -0.15) is 0 Å². The normalized spacial score (nSPS) is 11.4. The Kier molecular flexibility index (Phi) is 4.92. The van der Waals surface area contributed by atoms with Gasteiger partial charge in [0.15, 0.2) is 0 Å². The third kappa shape index (κ3) is 3.64. The largest absolute Gasteiger partial charge is 0.456 e. The molecule has 2 rings (SSSR count). The number of benzene rings is 2. The van der Waals surface area contributed by atoms with Gasteiger partial charge in [0, 0.05) is 10.9 Å². The van der Waals surface area contributed by atoms with Crippen molar-refractivity contribution in [1.29, 1.82) is 0 Å². The topological polar surface area (TPSA) is 9.23 Å². The molecule has 0 aliphatic heterocycles. The van der Waals surface area contributed by atoms with E-state index in [2.05, 4.69) is 76.9 Å². The van der Waals surface area contributed by atoms with Gasteiger partial charge >= 0.3 is 0 Å². The molecule has 0 fully saturated rings. The van der Waals surface area contributed by atoms with Crippen LogP contribution < -0.4 is 4.74 Å². The standard InChI is InChI=1S/C17H18Br2O/c1-17(2,3)13-6-4-5-7-15(13)20-16-9-8-12(11-18)10-14(16)19/h4-10H,11H2,1-3H3. The molecular formula is C17H18Br2O. The maximum absolute atomic E-state index is 6.10. The second kappa shape index (κ2) is 6.31. The van der Waals surface area contributed by atoms with Gasteiger partial charge < -0.3 is 4.74 Å². The number of alkyl halides is 1. The lowest BCUT2D eigenvalue weighted by Gasteiger charge is -2.22. The first-order valence-corrected chi connectivity index (χ1v) is 8.45. The first-order valence-electron chi connectivity index (χ1n) is 6.53. The van der Waals surface area contributed by atoms with Crippen LogP contribution in [0, 0.1) is 0 Å². The highest BCUT2D eigenvalue weighted by Crippen LogP contribution is 2.36. The van der Waals surface area contributed by atoms with Crippen LogP contribution in [0.15, 0.2) is 46.9 Å². The zero-order chi connectivity index (χ0) is 14.8. The Hall–Kier alpha value is -0.800. The van der Waals surface area contributed by atoms with E-state index in [1.54, 1.807) is 0 Å². The molecule has 2 aromatic carbocycles. The van der Waals surface area contributed by atoms with Crippen molar-refractivity contribution < 1.29 is 4.74 Å². The van der Waals surface area contributed by atoms with Gasteiger partial charge in [0.25, 0.3) is 0 Å². The third-order valence-electron chi connectivity index (χ3n) is 3.07. The first kappa shape index (κ1) is 15.6. The molecule has 20 heavy (non-hydrogen) atoms. The van der Waals surface area contributed by atoms with Crippen LogP contribution >= 0.6 is 31.9 Å². The van der Waals surface area contributed by atoms with Crippen molar-refractivity contribution >= 4 is 31.9 Å². The fourth-order valence-electron chi connectivity index (χ4n) is 2.00. The lowest BCUT2D eigenvalue weighted by Crippen LogP contribution is -2.12.